The van der Waals surface area contributed by atoms with Gasteiger partial charge in [0.25, 0.3) is 0 Å². The molecule has 0 saturated heterocycles. The van der Waals surface area contributed by atoms with Gasteiger partial charge in [0.2, 0.25) is 6.35 Å². The van der Waals surface area contributed by atoms with E-state index in [4.69, 9.17) is 10.5 Å². The molecule has 130 valence electrons. The Morgan fingerprint density at radius 2 is 2.04 bits per heavy atom. The number of anilines is 2. The number of nitrogens with one attached hydrogen (secondary N) is 1. The predicted molar refractivity (Wildman–Crippen MR) is 103 cm³/mol. The molecule has 5 rings (SSSR count). The van der Waals surface area contributed by atoms with Crippen molar-refractivity contribution in [1.82, 2.24) is 9.88 Å². The van der Waals surface area contributed by atoms with E-state index < -0.39 is 0 Å². The lowest BCUT2D eigenvalue weighted by Crippen LogP contribution is -2.37. The molecule has 0 saturated carbocycles. The van der Waals surface area contributed by atoms with E-state index in [9.17, 15) is 0 Å². The van der Waals surface area contributed by atoms with Crippen LogP contribution in [0.25, 0.3) is 10.9 Å². The number of pyridine rings is 1. The molecule has 2 aromatic carbocycles. The first kappa shape index (κ1) is 15.1. The van der Waals surface area contributed by atoms with E-state index in [0.717, 1.165) is 29.4 Å². The molecule has 1 aliphatic heterocycles. The molecule has 0 spiro atoms. The fourth-order valence-corrected chi connectivity index (χ4v) is 3.92. The molecule has 0 bridgehead atoms. The maximum Gasteiger partial charge on any atom is 0.250 e. The molecule has 2 atom stereocenters. The van der Waals surface area contributed by atoms with Gasteiger partial charge in [-0.05, 0) is 54.3 Å². The number of hydrogen-bond acceptors (Lipinski definition) is 5. The fraction of sp³-hybridized carbons (Fsp3) is 0.190. The molecule has 2 heterocycles. The Morgan fingerprint density at radius 3 is 3.00 bits per heavy atom. The van der Waals surface area contributed by atoms with Crippen LogP contribution in [0.15, 0.2) is 67.1 Å². The maximum atomic E-state index is 5.83. The van der Waals surface area contributed by atoms with Crippen LogP contribution in [-0.4, -0.2) is 16.2 Å². The first-order chi connectivity index (χ1) is 12.8. The second-order valence-corrected chi connectivity index (χ2v) is 6.76. The third kappa shape index (κ3) is 2.52. The highest BCUT2D eigenvalue weighted by Crippen LogP contribution is 2.38. The Labute approximate surface area is 152 Å². The number of fused-ring (bicyclic) bond motifs is 2. The highest BCUT2D eigenvalue weighted by Gasteiger charge is 2.33. The number of aryl methyl sites for hydroxylation is 1. The summed E-state index contributed by atoms with van der Waals surface area (Å²) in [7, 11) is 0. The minimum absolute atomic E-state index is 0.217. The smallest absolute Gasteiger partial charge is 0.250 e. The van der Waals surface area contributed by atoms with Gasteiger partial charge in [0.15, 0.2) is 0 Å². The molecule has 2 aliphatic rings. The highest BCUT2D eigenvalue weighted by molar-refractivity contribution is 5.83. The molecule has 0 radical (unpaired) electrons. The van der Waals surface area contributed by atoms with Gasteiger partial charge < -0.3 is 20.7 Å². The van der Waals surface area contributed by atoms with E-state index in [-0.39, 0.29) is 6.35 Å². The molecule has 1 aliphatic carbocycles. The normalized spacial score (nSPS) is 21.0. The molecule has 0 fully saturated rings. The van der Waals surface area contributed by atoms with E-state index in [1.165, 1.54) is 11.1 Å². The van der Waals surface area contributed by atoms with Crippen LogP contribution in [0.5, 0.6) is 0 Å². The lowest BCUT2D eigenvalue weighted by atomic mass is 10.1. The number of hydrogen-bond donors (Lipinski definition) is 2. The zero-order valence-corrected chi connectivity index (χ0v) is 14.3. The highest BCUT2D eigenvalue weighted by atomic mass is 16.5. The molecule has 1 aromatic heterocycles. The van der Waals surface area contributed by atoms with Crippen molar-refractivity contribution in [3.05, 3.63) is 78.2 Å². The van der Waals surface area contributed by atoms with Crippen molar-refractivity contribution >= 4 is 22.4 Å². The summed E-state index contributed by atoms with van der Waals surface area (Å²) in [5, 5.41) is 4.54. The van der Waals surface area contributed by atoms with Crippen LogP contribution in [-0.2, 0) is 11.2 Å². The van der Waals surface area contributed by atoms with Crippen LogP contribution in [0.3, 0.4) is 0 Å². The summed E-state index contributed by atoms with van der Waals surface area (Å²) in [4.78, 5) is 6.61. The molecule has 26 heavy (non-hydrogen) atoms. The number of benzene rings is 2. The van der Waals surface area contributed by atoms with Crippen molar-refractivity contribution in [2.24, 2.45) is 0 Å². The van der Waals surface area contributed by atoms with Crippen LogP contribution in [0.4, 0.5) is 11.5 Å². The lowest BCUT2D eigenvalue weighted by Gasteiger charge is -2.31. The van der Waals surface area contributed by atoms with Gasteiger partial charge in [0, 0.05) is 17.3 Å². The van der Waals surface area contributed by atoms with Crippen LogP contribution >= 0.6 is 0 Å². The first-order valence-electron chi connectivity index (χ1n) is 8.88. The van der Waals surface area contributed by atoms with E-state index in [2.05, 4.69) is 45.5 Å². The Morgan fingerprint density at radius 1 is 1.12 bits per heavy atom. The number of nitrogens with zero attached hydrogens (tertiary/aromatic N) is 2. The van der Waals surface area contributed by atoms with Gasteiger partial charge in [-0.2, -0.15) is 0 Å². The van der Waals surface area contributed by atoms with Crippen molar-refractivity contribution in [3.63, 3.8) is 0 Å². The van der Waals surface area contributed by atoms with Crippen LogP contribution in [0.1, 0.15) is 23.6 Å². The average Bonchev–Trinajstić information content (AvgIpc) is 3.28. The molecular weight excluding hydrogens is 324 g/mol. The third-order valence-corrected chi connectivity index (χ3v) is 5.17. The van der Waals surface area contributed by atoms with Crippen LogP contribution in [0, 0.1) is 0 Å². The molecule has 3 aromatic rings. The number of ether oxygens (including phenoxy) is 1. The summed E-state index contributed by atoms with van der Waals surface area (Å²) in [6.07, 6.45) is 5.80. The Balaban J connectivity index is 1.40. The topological polar surface area (TPSA) is 63.4 Å². The first-order valence-corrected chi connectivity index (χ1v) is 8.88. The van der Waals surface area contributed by atoms with E-state index in [0.29, 0.717) is 11.9 Å². The van der Waals surface area contributed by atoms with E-state index in [1.54, 1.807) is 6.26 Å². The standard InChI is InChI=1S/C21H20N4O/c22-20-10-6-15-13-16(7-8-18(15)24-20)23-21-25(11-12-26-21)19-9-5-14-3-1-2-4-17(14)19/h1-4,6-8,10-13,19,21,23H,5,9H2,(H2,22,24). The quantitative estimate of drug-likeness (QED) is 0.752. The number of nitrogen functional groups attached to an aromatic ring is 1. The van der Waals surface area contributed by atoms with Gasteiger partial charge in [-0.25, -0.2) is 4.98 Å². The summed E-state index contributed by atoms with van der Waals surface area (Å²) in [5.41, 5.74) is 10.5. The monoisotopic (exact) mass is 344 g/mol. The summed E-state index contributed by atoms with van der Waals surface area (Å²) in [5.74, 6) is 0.535. The van der Waals surface area contributed by atoms with Gasteiger partial charge >= 0.3 is 0 Å². The minimum atomic E-state index is -0.217. The Hall–Kier alpha value is -3.21. The van der Waals surface area contributed by atoms with Gasteiger partial charge in [-0.3, -0.25) is 0 Å². The Kier molecular flexibility index (Phi) is 3.45. The summed E-state index contributed by atoms with van der Waals surface area (Å²) in [6, 6.07) is 18.9. The molecule has 5 nitrogen and oxygen atoms in total. The van der Waals surface area contributed by atoms with Gasteiger partial charge in [-0.15, -0.1) is 0 Å². The summed E-state index contributed by atoms with van der Waals surface area (Å²) in [6.45, 7) is 0. The zero-order valence-electron chi connectivity index (χ0n) is 14.3. The molecule has 5 heteroatoms. The average molecular weight is 344 g/mol. The van der Waals surface area contributed by atoms with Gasteiger partial charge in [0.1, 0.15) is 12.1 Å². The fourth-order valence-electron chi connectivity index (χ4n) is 3.92. The van der Waals surface area contributed by atoms with E-state index in [1.807, 2.05) is 30.5 Å². The van der Waals surface area contributed by atoms with Gasteiger partial charge in [0.05, 0.1) is 11.6 Å². The Bertz CT molecular complexity index is 1000. The molecule has 0 amide bonds. The maximum absolute atomic E-state index is 5.83. The van der Waals surface area contributed by atoms with Crippen molar-refractivity contribution in [3.8, 4) is 0 Å². The van der Waals surface area contributed by atoms with Crippen LogP contribution < -0.4 is 11.1 Å². The third-order valence-electron chi connectivity index (χ3n) is 5.17. The number of nitrogens with two attached hydrogens (primary N) is 1. The zero-order chi connectivity index (χ0) is 17.5. The molecule has 3 N–H and O–H groups in total. The van der Waals surface area contributed by atoms with Gasteiger partial charge in [-0.1, -0.05) is 24.3 Å². The predicted octanol–water partition coefficient (Wildman–Crippen LogP) is 4.00. The van der Waals surface area contributed by atoms with Crippen molar-refractivity contribution in [2.45, 2.75) is 25.2 Å². The molecular formula is C21H20N4O. The largest absolute Gasteiger partial charge is 0.458 e. The van der Waals surface area contributed by atoms with Crippen LogP contribution in [0.2, 0.25) is 0 Å². The summed E-state index contributed by atoms with van der Waals surface area (Å²) >= 11 is 0. The van der Waals surface area contributed by atoms with Crippen molar-refractivity contribution in [1.29, 1.82) is 0 Å². The number of aromatic nitrogens is 1. The summed E-state index contributed by atoms with van der Waals surface area (Å²) < 4.78 is 5.83. The second kappa shape index (κ2) is 5.95. The van der Waals surface area contributed by atoms with Crippen molar-refractivity contribution < 1.29 is 4.74 Å². The molecule has 2 unspecified atom stereocenters. The minimum Gasteiger partial charge on any atom is -0.458 e. The second-order valence-electron chi connectivity index (χ2n) is 6.76. The lowest BCUT2D eigenvalue weighted by molar-refractivity contribution is 0.0548. The SMILES string of the molecule is Nc1ccc2cc(NC3OC=CN3C3CCc4ccccc43)ccc2n1. The van der Waals surface area contributed by atoms with Crippen molar-refractivity contribution in [2.75, 3.05) is 11.1 Å². The number of rotatable bonds is 3. The van der Waals surface area contributed by atoms with E-state index >= 15 is 0 Å².